The van der Waals surface area contributed by atoms with Gasteiger partial charge in [0.25, 0.3) is 0 Å². The molecule has 246 valence electrons. The standard InChI is InChI=1S/C36H67NO5/c1-3-5-7-9-11-13-14-15-16-18-23-27-31-36(41)42-33(28-24-20-17-12-10-8-6-4-2)29-25-21-19-22-26-30-34(38)37-32-35(39)40/h11,13,33H,3-10,12,14-32H2,1-2H3,(H,37,38)(H,39,40)/b13-11-. The van der Waals surface area contributed by atoms with Crippen LogP contribution in [-0.2, 0) is 19.1 Å². The van der Waals surface area contributed by atoms with E-state index in [1.165, 1.54) is 96.3 Å². The molecule has 2 N–H and O–H groups in total. The molecule has 0 aromatic heterocycles. The highest BCUT2D eigenvalue weighted by molar-refractivity contribution is 5.80. The average molecular weight is 594 g/mol. The summed E-state index contributed by atoms with van der Waals surface area (Å²) in [5, 5.41) is 11.0. The van der Waals surface area contributed by atoms with Crippen molar-refractivity contribution in [3.8, 4) is 0 Å². The zero-order chi connectivity index (χ0) is 30.9. The molecule has 0 aromatic carbocycles. The van der Waals surface area contributed by atoms with E-state index in [0.29, 0.717) is 12.8 Å². The number of carboxylic acid groups (broad SMARTS) is 1. The Hall–Kier alpha value is -1.85. The van der Waals surface area contributed by atoms with Crippen LogP contribution in [-0.4, -0.2) is 35.6 Å². The highest BCUT2D eigenvalue weighted by Crippen LogP contribution is 2.18. The third-order valence-corrected chi connectivity index (χ3v) is 7.94. The molecule has 1 atom stereocenters. The van der Waals surface area contributed by atoms with Crippen LogP contribution in [0.2, 0.25) is 0 Å². The van der Waals surface area contributed by atoms with Crippen LogP contribution in [0.3, 0.4) is 0 Å². The number of esters is 1. The summed E-state index contributed by atoms with van der Waals surface area (Å²) < 4.78 is 5.97. The van der Waals surface area contributed by atoms with Crippen molar-refractivity contribution in [2.45, 2.75) is 193 Å². The SMILES string of the molecule is CCCCC/C=C\CCCCCCCC(=O)OC(CCCCCCCCCC)CCCCCCCC(=O)NCC(=O)O. The zero-order valence-electron chi connectivity index (χ0n) is 27.6. The Kier molecular flexibility index (Phi) is 30.7. The van der Waals surface area contributed by atoms with E-state index in [9.17, 15) is 14.4 Å². The minimum absolute atomic E-state index is 0.0260. The van der Waals surface area contributed by atoms with Crippen LogP contribution in [0.1, 0.15) is 187 Å². The molecule has 0 radical (unpaired) electrons. The topological polar surface area (TPSA) is 92.7 Å². The first-order chi connectivity index (χ1) is 20.5. The molecule has 1 unspecified atom stereocenters. The number of carboxylic acids is 1. The molecule has 1 amide bonds. The molecule has 0 spiro atoms. The van der Waals surface area contributed by atoms with Gasteiger partial charge in [-0.25, -0.2) is 0 Å². The van der Waals surface area contributed by atoms with Gasteiger partial charge in [-0.05, 0) is 64.2 Å². The molecule has 42 heavy (non-hydrogen) atoms. The highest BCUT2D eigenvalue weighted by Gasteiger charge is 2.14. The Balaban J connectivity index is 4.13. The number of carbonyl (C=O) groups excluding carboxylic acids is 2. The molecular formula is C36H67NO5. The molecule has 0 fully saturated rings. The molecule has 0 bridgehead atoms. The van der Waals surface area contributed by atoms with Crippen molar-refractivity contribution >= 4 is 17.8 Å². The lowest BCUT2D eigenvalue weighted by Crippen LogP contribution is -2.28. The van der Waals surface area contributed by atoms with E-state index in [0.717, 1.165) is 64.2 Å². The minimum Gasteiger partial charge on any atom is -0.480 e. The number of unbranched alkanes of at least 4 members (excludes halogenated alkanes) is 19. The third kappa shape index (κ3) is 31.1. The third-order valence-electron chi connectivity index (χ3n) is 7.94. The predicted octanol–water partition coefficient (Wildman–Crippen LogP) is 10.2. The first kappa shape index (κ1) is 40.1. The van der Waals surface area contributed by atoms with Gasteiger partial charge in [0.05, 0.1) is 0 Å². The Morgan fingerprint density at radius 3 is 1.57 bits per heavy atom. The summed E-state index contributed by atoms with van der Waals surface area (Å²) in [5.41, 5.74) is 0. The average Bonchev–Trinajstić information content (AvgIpc) is 2.97. The van der Waals surface area contributed by atoms with E-state index < -0.39 is 5.97 Å². The van der Waals surface area contributed by atoms with Crippen LogP contribution in [0.5, 0.6) is 0 Å². The second-order valence-corrected chi connectivity index (χ2v) is 12.1. The van der Waals surface area contributed by atoms with E-state index in [1.54, 1.807) is 0 Å². The molecule has 0 rings (SSSR count). The number of rotatable bonds is 32. The molecule has 0 saturated carbocycles. The van der Waals surface area contributed by atoms with Crippen LogP contribution in [0, 0.1) is 0 Å². The summed E-state index contributed by atoms with van der Waals surface area (Å²) in [6.45, 7) is 4.18. The van der Waals surface area contributed by atoms with E-state index in [1.807, 2.05) is 0 Å². The van der Waals surface area contributed by atoms with E-state index in [-0.39, 0.29) is 24.5 Å². The fourth-order valence-electron chi connectivity index (χ4n) is 5.27. The largest absolute Gasteiger partial charge is 0.480 e. The maximum Gasteiger partial charge on any atom is 0.322 e. The molecule has 0 heterocycles. The molecule has 0 aliphatic heterocycles. The van der Waals surface area contributed by atoms with Crippen molar-refractivity contribution in [2.24, 2.45) is 0 Å². The number of aliphatic carboxylic acids is 1. The Bertz CT molecular complexity index is 663. The van der Waals surface area contributed by atoms with Crippen LogP contribution >= 0.6 is 0 Å². The normalized spacial score (nSPS) is 12.0. The fourth-order valence-corrected chi connectivity index (χ4v) is 5.27. The lowest BCUT2D eigenvalue weighted by molar-refractivity contribution is -0.150. The molecule has 6 nitrogen and oxygen atoms in total. The fraction of sp³-hybridized carbons (Fsp3) is 0.861. The minimum atomic E-state index is -1.02. The quantitative estimate of drug-likeness (QED) is 0.0460. The van der Waals surface area contributed by atoms with Crippen LogP contribution < -0.4 is 5.32 Å². The highest BCUT2D eigenvalue weighted by atomic mass is 16.5. The van der Waals surface area contributed by atoms with Gasteiger partial charge in [-0.15, -0.1) is 0 Å². The van der Waals surface area contributed by atoms with Crippen molar-refractivity contribution in [1.29, 1.82) is 0 Å². The number of hydrogen-bond acceptors (Lipinski definition) is 4. The van der Waals surface area contributed by atoms with Gasteiger partial charge in [0.2, 0.25) is 5.91 Å². The van der Waals surface area contributed by atoms with Gasteiger partial charge in [0.1, 0.15) is 12.6 Å². The van der Waals surface area contributed by atoms with Crippen molar-refractivity contribution < 1.29 is 24.2 Å². The van der Waals surface area contributed by atoms with E-state index in [2.05, 4.69) is 31.3 Å². The molecule has 0 aliphatic carbocycles. The van der Waals surface area contributed by atoms with Gasteiger partial charge in [-0.3, -0.25) is 14.4 Å². The number of hydrogen-bond donors (Lipinski definition) is 2. The Morgan fingerprint density at radius 2 is 1.02 bits per heavy atom. The Labute approximate surface area is 259 Å². The zero-order valence-corrected chi connectivity index (χ0v) is 27.6. The van der Waals surface area contributed by atoms with Crippen LogP contribution in [0.15, 0.2) is 12.2 Å². The van der Waals surface area contributed by atoms with Gasteiger partial charge in [-0.2, -0.15) is 0 Å². The lowest BCUT2D eigenvalue weighted by Gasteiger charge is -2.18. The second kappa shape index (κ2) is 32.1. The molecule has 0 aromatic rings. The summed E-state index contributed by atoms with van der Waals surface area (Å²) in [7, 11) is 0. The predicted molar refractivity (Wildman–Crippen MR) is 176 cm³/mol. The van der Waals surface area contributed by atoms with Crippen molar-refractivity contribution in [3.63, 3.8) is 0 Å². The monoisotopic (exact) mass is 594 g/mol. The first-order valence-corrected chi connectivity index (χ1v) is 17.8. The first-order valence-electron chi connectivity index (χ1n) is 17.8. The number of ether oxygens (including phenoxy) is 1. The van der Waals surface area contributed by atoms with Gasteiger partial charge in [0.15, 0.2) is 0 Å². The van der Waals surface area contributed by atoms with Crippen molar-refractivity contribution in [2.75, 3.05) is 6.54 Å². The van der Waals surface area contributed by atoms with Crippen LogP contribution in [0.25, 0.3) is 0 Å². The van der Waals surface area contributed by atoms with Crippen molar-refractivity contribution in [3.05, 3.63) is 12.2 Å². The summed E-state index contributed by atoms with van der Waals surface area (Å²) in [6, 6.07) is 0. The molecular weight excluding hydrogens is 526 g/mol. The van der Waals surface area contributed by atoms with Crippen molar-refractivity contribution in [1.82, 2.24) is 5.32 Å². The number of nitrogens with one attached hydrogen (secondary N) is 1. The second-order valence-electron chi connectivity index (χ2n) is 12.1. The van der Waals surface area contributed by atoms with Gasteiger partial charge < -0.3 is 15.2 Å². The maximum absolute atomic E-state index is 12.6. The van der Waals surface area contributed by atoms with E-state index >= 15 is 0 Å². The lowest BCUT2D eigenvalue weighted by atomic mass is 10.0. The maximum atomic E-state index is 12.6. The summed E-state index contributed by atoms with van der Waals surface area (Å²) in [6.07, 6.45) is 34.7. The molecule has 0 saturated heterocycles. The summed E-state index contributed by atoms with van der Waals surface area (Å²) >= 11 is 0. The molecule has 6 heteroatoms. The number of carbonyl (C=O) groups is 3. The Morgan fingerprint density at radius 1 is 0.595 bits per heavy atom. The smallest absolute Gasteiger partial charge is 0.322 e. The molecule has 0 aliphatic rings. The summed E-state index contributed by atoms with van der Waals surface area (Å²) in [4.78, 5) is 34.7. The van der Waals surface area contributed by atoms with Gasteiger partial charge >= 0.3 is 11.9 Å². The van der Waals surface area contributed by atoms with Gasteiger partial charge in [0, 0.05) is 12.8 Å². The van der Waals surface area contributed by atoms with E-state index in [4.69, 9.17) is 9.84 Å². The number of amides is 1. The van der Waals surface area contributed by atoms with Gasteiger partial charge in [-0.1, -0.05) is 122 Å². The van der Waals surface area contributed by atoms with Crippen LogP contribution in [0.4, 0.5) is 0 Å². The number of allylic oxidation sites excluding steroid dienone is 2. The summed E-state index contributed by atoms with van der Waals surface area (Å²) in [5.74, 6) is -1.24.